The molecule has 84 heavy (non-hydrogen) atoms. The Labute approximate surface area is 486 Å². The van der Waals surface area contributed by atoms with E-state index in [1.165, 1.54) is 18.4 Å². The van der Waals surface area contributed by atoms with E-state index in [-0.39, 0.29) is 71.5 Å². The number of fused-ring (bicyclic) bond motifs is 3. The standard InChI is InChI=1S/C35H33ClF2N8O3.C24H23F2N5O3S/c1-18(2)40-32(47)20-8-7-19(3)23(15-20)29-24-17-39-34(48)46(30-25(37)5-4-6-26(30)38)31(24)43-33(42-29)44-13-11-22(12-14-44)45-28-10-9-21(36)16-27(28)41-35(45)49;1-12(2)28-22(32)14-9-8-13(3)15(10-14)19-16-11-27-24(33)31(20-17(25)6-5-7-18(20)26)21(16)30-23(29-19)35(4)34/h4-10,15-16,18,22H,11-14,17H2,1-3H3,(H,39,48)(H,40,47)(H,41,49);5-10,12H,11H2,1-4H3,(H,27,33)(H,28,32). The van der Waals surface area contributed by atoms with Gasteiger partial charge in [-0.25, -0.2) is 56.7 Å². The van der Waals surface area contributed by atoms with Gasteiger partial charge in [0, 0.05) is 75.9 Å². The first-order valence-corrected chi connectivity index (χ1v) is 28.7. The van der Waals surface area contributed by atoms with E-state index in [1.54, 1.807) is 47.0 Å². The molecule has 0 spiro atoms. The Morgan fingerprint density at radius 1 is 0.655 bits per heavy atom. The summed E-state index contributed by atoms with van der Waals surface area (Å²) in [4.78, 5) is 89.8. The van der Waals surface area contributed by atoms with E-state index in [2.05, 4.69) is 36.2 Å². The third-order valence-corrected chi connectivity index (χ3v) is 15.3. The lowest BCUT2D eigenvalue weighted by Crippen LogP contribution is -2.44. The molecule has 3 aliphatic heterocycles. The number of carbonyl (C=O) groups is 4. The van der Waals surface area contributed by atoms with Crippen LogP contribution in [0.15, 0.2) is 101 Å². The molecule has 6 heterocycles. The van der Waals surface area contributed by atoms with Crippen molar-refractivity contribution in [3.05, 3.63) is 163 Å². The summed E-state index contributed by atoms with van der Waals surface area (Å²) in [5.41, 5.74) is 5.03. The number of rotatable bonds is 11. The predicted octanol–water partition coefficient (Wildman–Crippen LogP) is 10.3. The van der Waals surface area contributed by atoms with Crippen LogP contribution in [0.1, 0.15) is 89.5 Å². The minimum absolute atomic E-state index is 0.00617. The molecule has 1 fully saturated rings. The monoisotopic (exact) mass is 1190 g/mol. The average molecular weight is 1190 g/mol. The Hall–Kier alpha value is -9.03. The summed E-state index contributed by atoms with van der Waals surface area (Å²) in [7, 11) is -1.68. The van der Waals surface area contributed by atoms with Crippen molar-refractivity contribution in [3.63, 3.8) is 0 Å². The van der Waals surface area contributed by atoms with Gasteiger partial charge in [0.1, 0.15) is 34.6 Å². The number of hydrogen-bond acceptors (Lipinski definition) is 11. The summed E-state index contributed by atoms with van der Waals surface area (Å²) >= 11 is 6.15. The quantitative estimate of drug-likeness (QED) is 0.0604. The molecule has 0 radical (unpaired) electrons. The number of amides is 6. The number of anilines is 5. The van der Waals surface area contributed by atoms with Gasteiger partial charge in [-0.05, 0) is 132 Å². The maximum absolute atomic E-state index is 15.2. The van der Waals surface area contributed by atoms with Gasteiger partial charge in [-0.15, -0.1) is 0 Å². The lowest BCUT2D eigenvalue weighted by Gasteiger charge is -2.35. The number of nitrogens with zero attached hydrogens (tertiary/aromatic N) is 8. The zero-order valence-electron chi connectivity index (χ0n) is 46.5. The van der Waals surface area contributed by atoms with Crippen LogP contribution in [0, 0.1) is 37.1 Å². The molecule has 5 N–H and O–H groups in total. The summed E-state index contributed by atoms with van der Waals surface area (Å²) in [6.45, 7) is 12.0. The van der Waals surface area contributed by atoms with Crippen molar-refractivity contribution < 1.29 is 40.9 Å². The van der Waals surface area contributed by atoms with E-state index in [9.17, 15) is 37.0 Å². The number of para-hydroxylation sites is 2. The number of imidazole rings is 1. The second kappa shape index (κ2) is 23.7. The van der Waals surface area contributed by atoms with Crippen molar-refractivity contribution in [2.24, 2.45) is 0 Å². The Morgan fingerprint density at radius 2 is 1.13 bits per heavy atom. The fourth-order valence-electron chi connectivity index (χ4n) is 10.3. The van der Waals surface area contributed by atoms with Gasteiger partial charge in [-0.1, -0.05) is 35.9 Å². The number of urea groups is 2. The molecule has 0 bridgehead atoms. The Balaban J connectivity index is 0.000000198. The number of nitrogens with one attached hydrogen (secondary N) is 5. The number of aryl methyl sites for hydroxylation is 2. The SMILES string of the molecule is Cc1ccc(C(=O)NC(C)C)cc1-c1nc(N2CCC(n3c(=O)[nH]c4cc(Cl)ccc43)CC2)nc2c1CNC(=O)N2c1c(F)cccc1F.Cc1ccc(C(=O)NC(C)C)cc1-c1nc(S(C)=O)nc2c1CNC(=O)N2c1c(F)cccc1F. The van der Waals surface area contributed by atoms with Gasteiger partial charge in [-0.2, -0.15) is 4.98 Å². The van der Waals surface area contributed by atoms with E-state index in [4.69, 9.17) is 21.6 Å². The maximum atomic E-state index is 15.2. The lowest BCUT2D eigenvalue weighted by molar-refractivity contribution is 0.0934. The van der Waals surface area contributed by atoms with Crippen molar-refractivity contribution >= 4 is 86.3 Å². The zero-order valence-corrected chi connectivity index (χ0v) is 48.0. The molecule has 1 saturated heterocycles. The van der Waals surface area contributed by atoms with Gasteiger partial charge < -0.3 is 31.2 Å². The third kappa shape index (κ3) is 11.4. The summed E-state index contributed by atoms with van der Waals surface area (Å²) in [6.07, 6.45) is 2.50. The predicted molar refractivity (Wildman–Crippen MR) is 311 cm³/mol. The lowest BCUT2D eigenvalue weighted by atomic mass is 9.97. The fourth-order valence-corrected chi connectivity index (χ4v) is 10.9. The molecule has 0 saturated carbocycles. The average Bonchev–Trinajstić information content (AvgIpc) is 1.66. The number of aromatic amines is 1. The maximum Gasteiger partial charge on any atom is 0.328 e. The minimum Gasteiger partial charge on any atom is -0.350 e. The van der Waals surface area contributed by atoms with Gasteiger partial charge >= 0.3 is 17.8 Å². The first kappa shape index (κ1) is 58.2. The first-order chi connectivity index (χ1) is 40.1. The van der Waals surface area contributed by atoms with Crippen LogP contribution in [0.3, 0.4) is 0 Å². The molecular formula is C59H56ClF4N13O6S. The molecule has 19 nitrogen and oxygen atoms in total. The van der Waals surface area contributed by atoms with Gasteiger partial charge in [0.2, 0.25) is 11.1 Å². The number of carbonyl (C=O) groups excluding carboxylic acids is 4. The van der Waals surface area contributed by atoms with Crippen molar-refractivity contribution in [3.8, 4) is 22.5 Å². The van der Waals surface area contributed by atoms with Crippen LogP contribution in [-0.4, -0.2) is 89.0 Å². The number of aromatic nitrogens is 6. The Kier molecular flexibility index (Phi) is 16.4. The largest absolute Gasteiger partial charge is 0.350 e. The smallest absolute Gasteiger partial charge is 0.328 e. The number of benzene rings is 5. The summed E-state index contributed by atoms with van der Waals surface area (Å²) in [6, 6.07) is 20.4. The van der Waals surface area contributed by atoms with Crippen molar-refractivity contribution in [2.45, 2.75) is 90.8 Å². The number of piperidine rings is 1. The van der Waals surface area contributed by atoms with Crippen LogP contribution >= 0.6 is 11.6 Å². The van der Waals surface area contributed by atoms with Crippen molar-refractivity contribution in [1.82, 2.24) is 50.8 Å². The molecular weight excluding hydrogens is 1130 g/mol. The number of hydrogen-bond donors (Lipinski definition) is 5. The van der Waals surface area contributed by atoms with Crippen molar-refractivity contribution in [1.29, 1.82) is 0 Å². The fraction of sp³-hybridized carbons (Fsp3) is 0.271. The van der Waals surface area contributed by atoms with Gasteiger partial charge in [-0.3, -0.25) is 18.4 Å². The van der Waals surface area contributed by atoms with E-state index in [0.717, 1.165) is 50.7 Å². The van der Waals surface area contributed by atoms with E-state index in [1.807, 2.05) is 58.6 Å². The molecule has 25 heteroatoms. The normalized spacial score (nSPS) is 14.6. The number of H-pyrrole nitrogens is 1. The second-order valence-electron chi connectivity index (χ2n) is 20.9. The van der Waals surface area contributed by atoms with Gasteiger partial charge in [0.05, 0.1) is 46.3 Å². The van der Waals surface area contributed by atoms with E-state index < -0.39 is 57.5 Å². The second-order valence-corrected chi connectivity index (χ2v) is 22.6. The third-order valence-electron chi connectivity index (χ3n) is 14.3. The topological polar surface area (TPSA) is 233 Å². The first-order valence-electron chi connectivity index (χ1n) is 26.8. The summed E-state index contributed by atoms with van der Waals surface area (Å²) in [5.74, 6) is -4.13. The molecule has 6 amide bonds. The molecule has 3 aliphatic rings. The number of halogens is 5. The summed E-state index contributed by atoms with van der Waals surface area (Å²) < 4.78 is 74.0. The van der Waals surface area contributed by atoms with Crippen molar-refractivity contribution in [2.75, 3.05) is 34.0 Å². The summed E-state index contributed by atoms with van der Waals surface area (Å²) in [5, 5.41) is 11.4. The van der Waals surface area contributed by atoms with Crippen LogP contribution in [0.5, 0.6) is 0 Å². The van der Waals surface area contributed by atoms with Crippen LogP contribution in [0.25, 0.3) is 33.5 Å². The van der Waals surface area contributed by atoms with Gasteiger partial charge in [0.25, 0.3) is 11.8 Å². The Bertz CT molecular complexity index is 4040. The molecule has 434 valence electrons. The van der Waals surface area contributed by atoms with E-state index in [0.29, 0.717) is 81.2 Å². The molecule has 1 unspecified atom stereocenters. The zero-order chi connectivity index (χ0) is 60.0. The minimum atomic E-state index is -1.68. The molecule has 8 aromatic rings. The molecule has 1 atom stereocenters. The van der Waals surface area contributed by atoms with Crippen LogP contribution < -0.4 is 41.7 Å². The highest BCUT2D eigenvalue weighted by Crippen LogP contribution is 2.42. The molecule has 11 rings (SSSR count). The molecule has 3 aromatic heterocycles. The van der Waals surface area contributed by atoms with Gasteiger partial charge in [0.15, 0.2) is 11.6 Å². The van der Waals surface area contributed by atoms with Crippen LogP contribution in [0.2, 0.25) is 5.02 Å². The highest BCUT2D eigenvalue weighted by Gasteiger charge is 2.38. The highest BCUT2D eigenvalue weighted by atomic mass is 35.5. The van der Waals surface area contributed by atoms with E-state index >= 15 is 8.78 Å². The van der Waals surface area contributed by atoms with Crippen LogP contribution in [0.4, 0.5) is 56.1 Å². The molecule has 0 aliphatic carbocycles. The highest BCUT2D eigenvalue weighted by molar-refractivity contribution is 7.84. The van der Waals surface area contributed by atoms with Crippen LogP contribution in [-0.2, 0) is 23.9 Å². The molecule has 5 aromatic carbocycles. The Morgan fingerprint density at radius 3 is 1.61 bits per heavy atom.